The summed E-state index contributed by atoms with van der Waals surface area (Å²) in [7, 11) is 1.46. The standard InChI is InChI=1S/C19H21FN2O2S/c1-24-18-6-4-15(13-17(18)20)14-21-8-10-22(11-9-21)19(23)7-5-16-3-2-12-25-16/h2-7,12-13H,8-11,14H2,1H3. The Morgan fingerprint density at radius 2 is 2.08 bits per heavy atom. The highest BCUT2D eigenvalue weighted by atomic mass is 32.1. The van der Waals surface area contributed by atoms with Gasteiger partial charge in [-0.1, -0.05) is 12.1 Å². The predicted octanol–water partition coefficient (Wildman–Crippen LogP) is 3.25. The number of hydrogen-bond donors (Lipinski definition) is 0. The number of benzene rings is 1. The summed E-state index contributed by atoms with van der Waals surface area (Å²) in [5.41, 5.74) is 0.913. The van der Waals surface area contributed by atoms with Crippen LogP contribution >= 0.6 is 11.3 Å². The monoisotopic (exact) mass is 360 g/mol. The Bertz CT molecular complexity index is 738. The Hall–Kier alpha value is -2.18. The van der Waals surface area contributed by atoms with Gasteiger partial charge in [-0.25, -0.2) is 4.39 Å². The first-order valence-electron chi connectivity index (χ1n) is 8.21. The third-order valence-electron chi connectivity index (χ3n) is 4.24. The van der Waals surface area contributed by atoms with Crippen molar-refractivity contribution in [2.24, 2.45) is 0 Å². The molecule has 0 saturated carbocycles. The van der Waals surface area contributed by atoms with E-state index in [4.69, 9.17) is 4.74 Å². The maximum atomic E-state index is 13.8. The minimum Gasteiger partial charge on any atom is -0.494 e. The Morgan fingerprint density at radius 1 is 1.28 bits per heavy atom. The Morgan fingerprint density at radius 3 is 2.72 bits per heavy atom. The molecule has 6 heteroatoms. The minimum absolute atomic E-state index is 0.0449. The zero-order valence-electron chi connectivity index (χ0n) is 14.2. The fourth-order valence-electron chi connectivity index (χ4n) is 2.84. The number of thiophene rings is 1. The van der Waals surface area contributed by atoms with Gasteiger partial charge in [0, 0.05) is 43.7 Å². The minimum atomic E-state index is -0.340. The van der Waals surface area contributed by atoms with Crippen LogP contribution < -0.4 is 4.74 Å². The molecule has 0 N–H and O–H groups in total. The SMILES string of the molecule is COc1ccc(CN2CCN(C(=O)C=Cc3cccs3)CC2)cc1F. The number of carbonyl (C=O) groups excluding carboxylic acids is 1. The van der Waals surface area contributed by atoms with Crippen LogP contribution in [0, 0.1) is 5.82 Å². The van der Waals surface area contributed by atoms with Crippen LogP contribution in [-0.2, 0) is 11.3 Å². The third-order valence-corrected chi connectivity index (χ3v) is 5.08. The predicted molar refractivity (Wildman–Crippen MR) is 98.2 cm³/mol. The Balaban J connectivity index is 1.50. The molecule has 25 heavy (non-hydrogen) atoms. The van der Waals surface area contributed by atoms with E-state index in [0.29, 0.717) is 19.6 Å². The summed E-state index contributed by atoms with van der Waals surface area (Å²) in [4.78, 5) is 17.4. The molecule has 3 rings (SSSR count). The maximum Gasteiger partial charge on any atom is 0.246 e. The molecule has 4 nitrogen and oxygen atoms in total. The average molecular weight is 360 g/mol. The number of piperazine rings is 1. The summed E-state index contributed by atoms with van der Waals surface area (Å²) in [5.74, 6) is -0.0345. The van der Waals surface area contributed by atoms with Crippen molar-refractivity contribution in [3.8, 4) is 5.75 Å². The van der Waals surface area contributed by atoms with E-state index in [1.807, 2.05) is 34.6 Å². The highest BCUT2D eigenvalue weighted by Gasteiger charge is 2.20. The van der Waals surface area contributed by atoms with Crippen LogP contribution in [0.4, 0.5) is 4.39 Å². The van der Waals surface area contributed by atoms with Gasteiger partial charge in [-0.3, -0.25) is 9.69 Å². The quantitative estimate of drug-likeness (QED) is 0.768. The molecule has 0 unspecified atom stereocenters. The molecule has 1 aromatic heterocycles. The van der Waals surface area contributed by atoms with Crippen molar-refractivity contribution in [2.45, 2.75) is 6.54 Å². The van der Waals surface area contributed by atoms with Crippen molar-refractivity contribution in [3.63, 3.8) is 0 Å². The van der Waals surface area contributed by atoms with E-state index in [9.17, 15) is 9.18 Å². The summed E-state index contributed by atoms with van der Waals surface area (Å²) in [6, 6.07) is 9.00. The second kappa shape index (κ2) is 8.27. The van der Waals surface area contributed by atoms with Crippen LogP contribution in [0.25, 0.3) is 6.08 Å². The van der Waals surface area contributed by atoms with E-state index < -0.39 is 0 Å². The first kappa shape index (κ1) is 17.6. The van der Waals surface area contributed by atoms with Gasteiger partial charge in [-0.2, -0.15) is 0 Å². The van der Waals surface area contributed by atoms with Crippen molar-refractivity contribution in [1.82, 2.24) is 9.80 Å². The molecule has 1 saturated heterocycles. The molecule has 132 valence electrons. The number of methoxy groups -OCH3 is 1. The zero-order chi connectivity index (χ0) is 17.6. The van der Waals surface area contributed by atoms with Crippen LogP contribution in [0.1, 0.15) is 10.4 Å². The molecule has 0 aliphatic carbocycles. The van der Waals surface area contributed by atoms with E-state index in [1.54, 1.807) is 23.5 Å². The molecule has 1 aliphatic heterocycles. The van der Waals surface area contributed by atoms with Crippen molar-refractivity contribution < 1.29 is 13.9 Å². The molecular weight excluding hydrogens is 339 g/mol. The topological polar surface area (TPSA) is 32.8 Å². The summed E-state index contributed by atoms with van der Waals surface area (Å²) in [5, 5.41) is 1.99. The van der Waals surface area contributed by atoms with E-state index in [1.165, 1.54) is 13.2 Å². The van der Waals surface area contributed by atoms with Crippen LogP contribution in [0.2, 0.25) is 0 Å². The van der Waals surface area contributed by atoms with E-state index in [2.05, 4.69) is 4.90 Å². The molecule has 2 heterocycles. The first-order chi connectivity index (χ1) is 12.2. The van der Waals surface area contributed by atoms with Crippen LogP contribution in [0.5, 0.6) is 5.75 Å². The maximum absolute atomic E-state index is 13.8. The van der Waals surface area contributed by atoms with Crippen LogP contribution in [0.15, 0.2) is 41.8 Å². The first-order valence-corrected chi connectivity index (χ1v) is 9.09. The van der Waals surface area contributed by atoms with Gasteiger partial charge in [0.2, 0.25) is 5.91 Å². The highest BCUT2D eigenvalue weighted by Crippen LogP contribution is 2.19. The summed E-state index contributed by atoms with van der Waals surface area (Å²) in [6.45, 7) is 3.62. The van der Waals surface area contributed by atoms with Crippen molar-refractivity contribution in [3.05, 3.63) is 58.0 Å². The molecule has 0 atom stereocenters. The van der Waals surface area contributed by atoms with Gasteiger partial charge in [-0.15, -0.1) is 11.3 Å². The molecule has 0 spiro atoms. The molecule has 1 amide bonds. The lowest BCUT2D eigenvalue weighted by molar-refractivity contribution is -0.127. The second-order valence-electron chi connectivity index (χ2n) is 5.92. The van der Waals surface area contributed by atoms with Crippen LogP contribution in [-0.4, -0.2) is 49.0 Å². The van der Waals surface area contributed by atoms with E-state index in [0.717, 1.165) is 23.5 Å². The summed E-state index contributed by atoms with van der Waals surface area (Å²) >= 11 is 1.61. The van der Waals surface area contributed by atoms with E-state index >= 15 is 0 Å². The Labute approximate surface area is 151 Å². The van der Waals surface area contributed by atoms with Gasteiger partial charge in [0.25, 0.3) is 0 Å². The number of nitrogens with zero attached hydrogens (tertiary/aromatic N) is 2. The fourth-order valence-corrected chi connectivity index (χ4v) is 3.46. The third kappa shape index (κ3) is 4.67. The normalized spacial score (nSPS) is 15.7. The average Bonchev–Trinajstić information content (AvgIpc) is 3.14. The lowest BCUT2D eigenvalue weighted by Crippen LogP contribution is -2.47. The zero-order valence-corrected chi connectivity index (χ0v) is 15.0. The molecule has 1 aromatic carbocycles. The number of hydrogen-bond acceptors (Lipinski definition) is 4. The number of ether oxygens (including phenoxy) is 1. The summed E-state index contributed by atoms with van der Waals surface area (Å²) in [6.07, 6.45) is 3.50. The highest BCUT2D eigenvalue weighted by molar-refractivity contribution is 7.10. The van der Waals surface area contributed by atoms with Crippen molar-refractivity contribution in [2.75, 3.05) is 33.3 Å². The molecule has 0 bridgehead atoms. The Kier molecular flexibility index (Phi) is 5.83. The smallest absolute Gasteiger partial charge is 0.246 e. The largest absolute Gasteiger partial charge is 0.494 e. The van der Waals surface area contributed by atoms with Crippen molar-refractivity contribution in [1.29, 1.82) is 0 Å². The number of rotatable bonds is 5. The lowest BCUT2D eigenvalue weighted by atomic mass is 10.2. The van der Waals surface area contributed by atoms with Crippen molar-refractivity contribution >= 4 is 23.3 Å². The lowest BCUT2D eigenvalue weighted by Gasteiger charge is -2.34. The number of amides is 1. The number of carbonyl (C=O) groups is 1. The van der Waals surface area contributed by atoms with Gasteiger partial charge in [0.05, 0.1) is 7.11 Å². The number of halogens is 1. The molecule has 0 radical (unpaired) electrons. The van der Waals surface area contributed by atoms with Gasteiger partial charge in [0.1, 0.15) is 0 Å². The van der Waals surface area contributed by atoms with Gasteiger partial charge in [-0.05, 0) is 35.2 Å². The molecular formula is C19H21FN2O2S. The molecule has 1 fully saturated rings. The fraction of sp³-hybridized carbons (Fsp3) is 0.316. The van der Waals surface area contributed by atoms with Gasteiger partial charge < -0.3 is 9.64 Å². The second-order valence-corrected chi connectivity index (χ2v) is 6.90. The summed E-state index contributed by atoms with van der Waals surface area (Å²) < 4.78 is 18.7. The van der Waals surface area contributed by atoms with Crippen LogP contribution in [0.3, 0.4) is 0 Å². The molecule has 1 aliphatic rings. The molecule has 2 aromatic rings. The van der Waals surface area contributed by atoms with Gasteiger partial charge in [0.15, 0.2) is 11.6 Å². The van der Waals surface area contributed by atoms with E-state index in [-0.39, 0.29) is 17.5 Å². The van der Waals surface area contributed by atoms with Gasteiger partial charge >= 0.3 is 0 Å².